The minimum atomic E-state index is -1.45. The lowest BCUT2D eigenvalue weighted by Gasteiger charge is -2.36. The molecule has 8 atom stereocenters. The summed E-state index contributed by atoms with van der Waals surface area (Å²) in [6, 6.07) is 0. The van der Waals surface area contributed by atoms with Crippen LogP contribution in [0.5, 0.6) is 0 Å². The Balaban J connectivity index is 2.16. The Labute approximate surface area is 236 Å². The molecular weight excluding hydrogens is 513 g/mol. The van der Waals surface area contributed by atoms with Crippen LogP contribution in [0.15, 0.2) is 73.9 Å². The maximum Gasteiger partial charge on any atom is 0.331 e. The van der Waals surface area contributed by atoms with Crippen LogP contribution >= 0.6 is 9.47 Å². The molecule has 2 rings (SSSR count). The van der Waals surface area contributed by atoms with E-state index in [-0.39, 0.29) is 18.4 Å². The number of esters is 1. The van der Waals surface area contributed by atoms with E-state index in [0.717, 1.165) is 32.1 Å². The number of hydrogen-bond donors (Lipinski definition) is 3. The molecule has 0 aromatic carbocycles. The predicted molar refractivity (Wildman–Crippen MR) is 160 cm³/mol. The summed E-state index contributed by atoms with van der Waals surface area (Å²) in [5.41, 5.74) is -1.45. The minimum absolute atomic E-state index is 0.0159. The zero-order valence-electron chi connectivity index (χ0n) is 23.3. The standard InChI is InChI=1S/C31H48NO6P/c1-4-19-32(20-5-2)21-18-31(36,17-16-28-25(6-3)14-15-30(35)37-28)29(38-39)23-27(34)12-8-7-10-24-11-9-13-26(33)22-24/h4-5,7-8,10,12,14-17,24-29,33-34,36H,1-2,6,9,11,13,18-23,39H2,3H3. The van der Waals surface area contributed by atoms with E-state index < -0.39 is 29.9 Å². The van der Waals surface area contributed by atoms with Crippen LogP contribution in [-0.4, -0.2) is 75.8 Å². The van der Waals surface area contributed by atoms with Crippen molar-refractivity contribution in [2.24, 2.45) is 11.8 Å². The lowest BCUT2D eigenvalue weighted by molar-refractivity contribution is -0.143. The maximum absolute atomic E-state index is 11.9. The van der Waals surface area contributed by atoms with Gasteiger partial charge in [-0.1, -0.05) is 62.0 Å². The minimum Gasteiger partial charge on any atom is -0.454 e. The Bertz CT molecular complexity index is 876. The smallest absolute Gasteiger partial charge is 0.331 e. The monoisotopic (exact) mass is 561 g/mol. The number of aliphatic hydroxyl groups is 3. The number of hydrogen-bond acceptors (Lipinski definition) is 7. The Hall–Kier alpha value is -1.86. The van der Waals surface area contributed by atoms with Gasteiger partial charge in [-0.05, 0) is 44.1 Å². The van der Waals surface area contributed by atoms with Crippen molar-refractivity contribution in [1.29, 1.82) is 0 Å². The van der Waals surface area contributed by atoms with Crippen molar-refractivity contribution in [2.45, 2.75) is 81.9 Å². The normalized spacial score (nSPS) is 27.2. The molecule has 1 heterocycles. The number of cyclic esters (lactones) is 1. The molecule has 0 amide bonds. The molecule has 8 heteroatoms. The molecule has 8 unspecified atom stereocenters. The largest absolute Gasteiger partial charge is 0.454 e. The summed E-state index contributed by atoms with van der Waals surface area (Å²) in [5.74, 6) is -0.0444. The van der Waals surface area contributed by atoms with Crippen LogP contribution in [0.4, 0.5) is 0 Å². The Morgan fingerprint density at radius 1 is 1.26 bits per heavy atom. The first kappa shape index (κ1) is 33.3. The van der Waals surface area contributed by atoms with Crippen LogP contribution in [0.2, 0.25) is 0 Å². The van der Waals surface area contributed by atoms with Crippen molar-refractivity contribution in [3.8, 4) is 0 Å². The Morgan fingerprint density at radius 2 is 2.00 bits per heavy atom. The molecule has 39 heavy (non-hydrogen) atoms. The van der Waals surface area contributed by atoms with Crippen molar-refractivity contribution < 1.29 is 29.4 Å². The zero-order valence-corrected chi connectivity index (χ0v) is 24.5. The second-order valence-electron chi connectivity index (χ2n) is 10.5. The molecule has 1 aliphatic heterocycles. The third kappa shape index (κ3) is 11.6. The number of nitrogens with zero attached hydrogens (tertiary/aromatic N) is 1. The molecule has 0 aromatic heterocycles. The van der Waals surface area contributed by atoms with Gasteiger partial charge in [0.2, 0.25) is 0 Å². The fourth-order valence-electron chi connectivity index (χ4n) is 5.16. The van der Waals surface area contributed by atoms with E-state index in [1.807, 2.05) is 19.1 Å². The highest BCUT2D eigenvalue weighted by Gasteiger charge is 2.37. The second-order valence-corrected chi connectivity index (χ2v) is 10.8. The molecule has 0 spiro atoms. The van der Waals surface area contributed by atoms with E-state index in [0.29, 0.717) is 32.0 Å². The van der Waals surface area contributed by atoms with E-state index in [4.69, 9.17) is 9.26 Å². The topological polar surface area (TPSA) is 99.5 Å². The molecule has 0 radical (unpaired) electrons. The molecule has 2 aliphatic rings. The highest BCUT2D eigenvalue weighted by Crippen LogP contribution is 2.29. The predicted octanol–water partition coefficient (Wildman–Crippen LogP) is 4.44. The van der Waals surface area contributed by atoms with Crippen molar-refractivity contribution in [3.63, 3.8) is 0 Å². The number of allylic oxidation sites excluding steroid dienone is 3. The first-order valence-electron chi connectivity index (χ1n) is 14.1. The van der Waals surface area contributed by atoms with Crippen LogP contribution in [0.3, 0.4) is 0 Å². The molecule has 1 saturated carbocycles. The Morgan fingerprint density at radius 3 is 2.64 bits per heavy atom. The summed E-state index contributed by atoms with van der Waals surface area (Å²) in [4.78, 5) is 14.0. The van der Waals surface area contributed by atoms with Gasteiger partial charge in [0.05, 0.1) is 18.3 Å². The van der Waals surface area contributed by atoms with Crippen molar-refractivity contribution in [2.75, 3.05) is 19.6 Å². The number of ether oxygens (including phenoxy) is 1. The van der Waals surface area contributed by atoms with Crippen molar-refractivity contribution >= 4 is 15.4 Å². The number of carbonyl (C=O) groups is 1. The van der Waals surface area contributed by atoms with Gasteiger partial charge in [0.1, 0.15) is 11.7 Å². The number of rotatable bonds is 17. The SMILES string of the molecule is C=CCN(CC=C)CCC(O)(C=CC1OC(=O)C=CC1CC)C(CC(O)C=CC=CC1CCCC(O)C1)OP. The molecule has 1 aliphatic carbocycles. The molecule has 0 saturated heterocycles. The van der Waals surface area contributed by atoms with E-state index in [1.54, 1.807) is 36.5 Å². The van der Waals surface area contributed by atoms with E-state index >= 15 is 0 Å². The fourth-order valence-corrected chi connectivity index (χ4v) is 5.51. The summed E-state index contributed by atoms with van der Waals surface area (Å²) in [7, 11) is 2.22. The summed E-state index contributed by atoms with van der Waals surface area (Å²) >= 11 is 0. The van der Waals surface area contributed by atoms with Crippen LogP contribution in [-0.2, 0) is 14.1 Å². The highest BCUT2D eigenvalue weighted by molar-refractivity contribution is 7.09. The first-order chi connectivity index (χ1) is 18.7. The van der Waals surface area contributed by atoms with Crippen LogP contribution < -0.4 is 0 Å². The van der Waals surface area contributed by atoms with Gasteiger partial charge in [0.25, 0.3) is 0 Å². The number of aliphatic hydroxyl groups excluding tert-OH is 2. The van der Waals surface area contributed by atoms with Gasteiger partial charge in [0.15, 0.2) is 0 Å². The van der Waals surface area contributed by atoms with Crippen LogP contribution in [0.25, 0.3) is 0 Å². The van der Waals surface area contributed by atoms with Crippen LogP contribution in [0, 0.1) is 11.8 Å². The summed E-state index contributed by atoms with van der Waals surface area (Å²) in [5, 5.41) is 32.5. The van der Waals surface area contributed by atoms with E-state index in [9.17, 15) is 20.1 Å². The third-order valence-corrected chi connectivity index (χ3v) is 7.82. The lowest BCUT2D eigenvalue weighted by Crippen LogP contribution is -2.45. The lowest BCUT2D eigenvalue weighted by atomic mass is 9.86. The van der Waals surface area contributed by atoms with Gasteiger partial charge in [-0.2, -0.15) is 0 Å². The van der Waals surface area contributed by atoms with Gasteiger partial charge in [-0.15, -0.1) is 13.2 Å². The quantitative estimate of drug-likeness (QED) is 0.105. The highest BCUT2D eigenvalue weighted by atomic mass is 31.0. The van der Waals surface area contributed by atoms with Crippen molar-refractivity contribution in [1.82, 2.24) is 4.90 Å². The molecule has 0 aromatic rings. The van der Waals surface area contributed by atoms with E-state index in [1.165, 1.54) is 6.08 Å². The molecule has 0 bridgehead atoms. The van der Waals surface area contributed by atoms with Gasteiger partial charge in [-0.25, -0.2) is 4.79 Å². The Kier molecular flexibility index (Phi) is 15.2. The van der Waals surface area contributed by atoms with Gasteiger partial charge < -0.3 is 24.6 Å². The van der Waals surface area contributed by atoms with E-state index in [2.05, 4.69) is 33.6 Å². The second kappa shape index (κ2) is 17.8. The van der Waals surface area contributed by atoms with Gasteiger partial charge in [-0.3, -0.25) is 4.90 Å². The molecule has 1 fully saturated rings. The molecule has 7 nitrogen and oxygen atoms in total. The fraction of sp³-hybridized carbons (Fsp3) is 0.581. The zero-order chi connectivity index (χ0) is 28.7. The first-order valence-corrected chi connectivity index (χ1v) is 14.5. The van der Waals surface area contributed by atoms with Gasteiger partial charge in [0, 0.05) is 47.5 Å². The average molecular weight is 562 g/mol. The maximum atomic E-state index is 11.9. The van der Waals surface area contributed by atoms with Gasteiger partial charge >= 0.3 is 5.97 Å². The molecular formula is C31H48NO6P. The average Bonchev–Trinajstić information content (AvgIpc) is 2.92. The molecule has 218 valence electrons. The summed E-state index contributed by atoms with van der Waals surface area (Å²) in [6.45, 7) is 11.5. The van der Waals surface area contributed by atoms with Crippen LogP contribution in [0.1, 0.15) is 51.9 Å². The summed E-state index contributed by atoms with van der Waals surface area (Å²) < 4.78 is 11.2. The summed E-state index contributed by atoms with van der Waals surface area (Å²) in [6.07, 6.45) is 20.4. The molecule has 3 N–H and O–H groups in total. The third-order valence-electron chi connectivity index (χ3n) is 7.49. The van der Waals surface area contributed by atoms with Crippen molar-refractivity contribution in [3.05, 3.63) is 73.9 Å². The number of carbonyl (C=O) groups excluding carboxylic acids is 1.